The SMILES string of the molecule is C[Si](C)(C)c1ccc(-c2ccc(-c3ccc4cc(-c5ccc(-c6ccc7ccccc7c6)cc5)ccc4c3)cc2)cc1. The number of hydrogen-bond donors (Lipinski definition) is 0. The van der Waals surface area contributed by atoms with Gasteiger partial charge in [-0.2, -0.15) is 0 Å². The molecule has 0 aromatic heterocycles. The van der Waals surface area contributed by atoms with Gasteiger partial charge in [-0.1, -0.05) is 158 Å². The molecule has 0 nitrogen and oxygen atoms in total. The van der Waals surface area contributed by atoms with Gasteiger partial charge in [0.05, 0.1) is 8.07 Å². The zero-order valence-electron chi connectivity index (χ0n) is 24.4. The van der Waals surface area contributed by atoms with Crippen molar-refractivity contribution >= 4 is 34.8 Å². The van der Waals surface area contributed by atoms with Gasteiger partial charge in [0, 0.05) is 0 Å². The molecule has 0 saturated carbocycles. The summed E-state index contributed by atoms with van der Waals surface area (Å²) in [6.45, 7) is 7.18. The molecule has 0 N–H and O–H groups in total. The third-order valence-electron chi connectivity index (χ3n) is 8.44. The Morgan fingerprint density at radius 2 is 0.571 bits per heavy atom. The van der Waals surface area contributed by atoms with E-state index in [-0.39, 0.29) is 0 Å². The highest BCUT2D eigenvalue weighted by Crippen LogP contribution is 2.32. The summed E-state index contributed by atoms with van der Waals surface area (Å²) in [5.74, 6) is 0. The fourth-order valence-corrected chi connectivity index (χ4v) is 7.01. The molecule has 1 heteroatoms. The lowest BCUT2D eigenvalue weighted by atomic mass is 9.95. The predicted molar refractivity (Wildman–Crippen MR) is 186 cm³/mol. The van der Waals surface area contributed by atoms with E-state index < -0.39 is 8.07 Å². The van der Waals surface area contributed by atoms with E-state index in [0.717, 1.165) is 0 Å². The van der Waals surface area contributed by atoms with Gasteiger partial charge in [-0.3, -0.25) is 0 Å². The Kier molecular flexibility index (Phi) is 6.61. The van der Waals surface area contributed by atoms with Crippen LogP contribution in [0.5, 0.6) is 0 Å². The average Bonchev–Trinajstić information content (AvgIpc) is 3.04. The van der Waals surface area contributed by atoms with Gasteiger partial charge in [-0.05, 0) is 84.3 Å². The van der Waals surface area contributed by atoms with E-state index in [4.69, 9.17) is 0 Å². The van der Waals surface area contributed by atoms with Gasteiger partial charge in [0.2, 0.25) is 0 Å². The predicted octanol–water partition coefficient (Wildman–Crippen LogP) is 11.2. The molecular formula is C41H34Si. The van der Waals surface area contributed by atoms with Gasteiger partial charge in [0.15, 0.2) is 0 Å². The third kappa shape index (κ3) is 5.20. The minimum atomic E-state index is -1.28. The van der Waals surface area contributed by atoms with Crippen LogP contribution in [0.15, 0.2) is 152 Å². The Morgan fingerprint density at radius 3 is 0.976 bits per heavy atom. The van der Waals surface area contributed by atoms with Crippen molar-refractivity contribution in [2.24, 2.45) is 0 Å². The molecule has 0 amide bonds. The number of rotatable bonds is 5. The summed E-state index contributed by atoms with van der Waals surface area (Å²) in [7, 11) is -1.28. The maximum absolute atomic E-state index is 2.39. The van der Waals surface area contributed by atoms with Crippen molar-refractivity contribution in [3.05, 3.63) is 152 Å². The lowest BCUT2D eigenvalue weighted by Gasteiger charge is -2.16. The minimum Gasteiger partial charge on any atom is -0.0656 e. The van der Waals surface area contributed by atoms with Gasteiger partial charge >= 0.3 is 0 Å². The van der Waals surface area contributed by atoms with Crippen LogP contribution in [0.3, 0.4) is 0 Å². The first-order valence-electron chi connectivity index (χ1n) is 14.8. The lowest BCUT2D eigenvalue weighted by molar-refractivity contribution is 1.59. The van der Waals surface area contributed by atoms with Crippen LogP contribution in [-0.4, -0.2) is 8.07 Å². The Morgan fingerprint density at radius 1 is 0.286 bits per heavy atom. The molecule has 42 heavy (non-hydrogen) atoms. The highest BCUT2D eigenvalue weighted by atomic mass is 28.3. The lowest BCUT2D eigenvalue weighted by Crippen LogP contribution is -2.37. The van der Waals surface area contributed by atoms with Gasteiger partial charge < -0.3 is 0 Å². The van der Waals surface area contributed by atoms with Gasteiger partial charge in [-0.15, -0.1) is 0 Å². The van der Waals surface area contributed by atoms with E-state index in [1.807, 2.05) is 0 Å². The highest BCUT2D eigenvalue weighted by molar-refractivity contribution is 6.88. The first kappa shape index (κ1) is 26.2. The highest BCUT2D eigenvalue weighted by Gasteiger charge is 2.15. The molecular weight excluding hydrogens is 521 g/mol. The van der Waals surface area contributed by atoms with E-state index >= 15 is 0 Å². The second-order valence-corrected chi connectivity index (χ2v) is 17.4. The van der Waals surface area contributed by atoms with E-state index in [9.17, 15) is 0 Å². The van der Waals surface area contributed by atoms with Crippen LogP contribution >= 0.6 is 0 Å². The molecule has 0 heterocycles. The molecule has 0 fully saturated rings. The van der Waals surface area contributed by atoms with Crippen molar-refractivity contribution < 1.29 is 0 Å². The molecule has 7 aromatic rings. The molecule has 0 aliphatic rings. The van der Waals surface area contributed by atoms with Crippen LogP contribution in [-0.2, 0) is 0 Å². The first-order chi connectivity index (χ1) is 20.4. The Labute approximate surface area is 249 Å². The van der Waals surface area contributed by atoms with Crippen molar-refractivity contribution in [3.8, 4) is 44.5 Å². The molecule has 0 bridgehead atoms. The minimum absolute atomic E-state index is 1.24. The maximum atomic E-state index is 2.39. The van der Waals surface area contributed by atoms with Crippen molar-refractivity contribution in [1.29, 1.82) is 0 Å². The molecule has 0 unspecified atom stereocenters. The standard InChI is InChI=1S/C41H34Si/c1-42(2,3)41-24-22-31(23-25-41)30-8-10-32(11-9-30)37-18-20-40-28-38(19-21-39(40)27-37)34-14-12-33(13-15-34)36-17-16-29-6-4-5-7-35(29)26-36/h4-28H,1-3H3. The molecule has 7 aromatic carbocycles. The fourth-order valence-electron chi connectivity index (χ4n) is 5.85. The summed E-state index contributed by atoms with van der Waals surface area (Å²) >= 11 is 0. The molecule has 0 radical (unpaired) electrons. The van der Waals surface area contributed by atoms with Crippen molar-refractivity contribution in [2.75, 3.05) is 0 Å². The number of fused-ring (bicyclic) bond motifs is 2. The quantitative estimate of drug-likeness (QED) is 0.186. The Bertz CT molecular complexity index is 2020. The maximum Gasteiger partial charge on any atom is 0.0775 e. The molecule has 0 atom stereocenters. The Hall–Kier alpha value is -4.72. The summed E-state index contributed by atoms with van der Waals surface area (Å²) in [6, 6.07) is 55.9. The summed E-state index contributed by atoms with van der Waals surface area (Å²) in [4.78, 5) is 0. The average molecular weight is 555 g/mol. The van der Waals surface area contributed by atoms with Crippen LogP contribution in [0.1, 0.15) is 0 Å². The van der Waals surface area contributed by atoms with Crippen LogP contribution in [0.4, 0.5) is 0 Å². The monoisotopic (exact) mass is 554 g/mol. The zero-order valence-corrected chi connectivity index (χ0v) is 25.4. The summed E-state index contributed by atoms with van der Waals surface area (Å²) in [5.41, 5.74) is 9.99. The largest absolute Gasteiger partial charge is 0.0775 e. The van der Waals surface area contributed by atoms with Gasteiger partial charge in [0.1, 0.15) is 0 Å². The smallest absolute Gasteiger partial charge is 0.0656 e. The van der Waals surface area contributed by atoms with Crippen molar-refractivity contribution in [1.82, 2.24) is 0 Å². The van der Waals surface area contributed by atoms with Crippen LogP contribution in [0.25, 0.3) is 66.1 Å². The normalized spacial score (nSPS) is 11.7. The van der Waals surface area contributed by atoms with Crippen molar-refractivity contribution in [3.63, 3.8) is 0 Å². The van der Waals surface area contributed by atoms with Gasteiger partial charge in [0.25, 0.3) is 0 Å². The molecule has 0 spiro atoms. The van der Waals surface area contributed by atoms with E-state index in [1.165, 1.54) is 71.2 Å². The summed E-state index contributed by atoms with van der Waals surface area (Å²) in [5, 5.41) is 6.57. The molecule has 0 aliphatic heterocycles. The third-order valence-corrected chi connectivity index (χ3v) is 10.5. The summed E-state index contributed by atoms with van der Waals surface area (Å²) < 4.78 is 0. The topological polar surface area (TPSA) is 0 Å². The molecule has 0 aliphatic carbocycles. The van der Waals surface area contributed by atoms with Crippen LogP contribution < -0.4 is 5.19 Å². The second kappa shape index (κ2) is 10.6. The number of benzene rings is 7. The molecule has 0 saturated heterocycles. The van der Waals surface area contributed by atoms with Crippen molar-refractivity contribution in [2.45, 2.75) is 19.6 Å². The second-order valence-electron chi connectivity index (χ2n) is 12.3. The zero-order chi connectivity index (χ0) is 28.7. The van der Waals surface area contributed by atoms with E-state index in [0.29, 0.717) is 0 Å². The molecule has 202 valence electrons. The Balaban J connectivity index is 1.11. The summed E-state index contributed by atoms with van der Waals surface area (Å²) in [6.07, 6.45) is 0. The molecule has 7 rings (SSSR count). The fraction of sp³-hybridized carbons (Fsp3) is 0.0732. The van der Waals surface area contributed by atoms with E-state index in [1.54, 1.807) is 0 Å². The number of hydrogen-bond acceptors (Lipinski definition) is 0. The van der Waals surface area contributed by atoms with Gasteiger partial charge in [-0.25, -0.2) is 0 Å². The van der Waals surface area contributed by atoms with Crippen LogP contribution in [0.2, 0.25) is 19.6 Å². The van der Waals surface area contributed by atoms with E-state index in [2.05, 4.69) is 171 Å². The van der Waals surface area contributed by atoms with Crippen LogP contribution in [0, 0.1) is 0 Å². The first-order valence-corrected chi connectivity index (χ1v) is 18.3.